The second kappa shape index (κ2) is 7.35. The molecule has 5 heteroatoms. The summed E-state index contributed by atoms with van der Waals surface area (Å²) in [7, 11) is 0. The number of ether oxygens (including phenoxy) is 1. The minimum atomic E-state index is -0.154. The number of aliphatic hydroxyl groups excluding tert-OH is 1. The Labute approximate surface area is 135 Å². The largest absolute Gasteiger partial charge is 0.392 e. The first-order chi connectivity index (χ1) is 11.3. The molecule has 0 bridgehead atoms. The lowest BCUT2D eigenvalue weighted by molar-refractivity contribution is 0.0694. The molecule has 120 valence electrons. The van der Waals surface area contributed by atoms with Gasteiger partial charge in [0.1, 0.15) is 5.69 Å². The van der Waals surface area contributed by atoms with Crippen molar-refractivity contribution in [1.82, 2.24) is 10.3 Å². The Bertz CT molecular complexity index is 664. The molecule has 1 aliphatic heterocycles. The van der Waals surface area contributed by atoms with Crippen molar-refractivity contribution in [2.75, 3.05) is 13.2 Å². The third-order valence-corrected chi connectivity index (χ3v) is 4.05. The molecule has 5 nitrogen and oxygen atoms in total. The van der Waals surface area contributed by atoms with Crippen LogP contribution >= 0.6 is 0 Å². The van der Waals surface area contributed by atoms with E-state index in [0.29, 0.717) is 18.9 Å². The number of nitrogens with zero attached hydrogens (tertiary/aromatic N) is 1. The van der Waals surface area contributed by atoms with Crippen molar-refractivity contribution in [3.8, 4) is 11.1 Å². The second-order valence-corrected chi connectivity index (χ2v) is 5.61. The minimum Gasteiger partial charge on any atom is -0.392 e. The van der Waals surface area contributed by atoms with Gasteiger partial charge >= 0.3 is 0 Å². The number of hydrogen-bond donors (Lipinski definition) is 2. The van der Waals surface area contributed by atoms with E-state index in [1.165, 1.54) is 0 Å². The number of nitrogens with one attached hydrogen (secondary N) is 1. The summed E-state index contributed by atoms with van der Waals surface area (Å²) in [5.41, 5.74) is 3.06. The van der Waals surface area contributed by atoms with E-state index in [1.807, 2.05) is 30.3 Å². The van der Waals surface area contributed by atoms with E-state index >= 15 is 0 Å². The third-order valence-electron chi connectivity index (χ3n) is 4.05. The summed E-state index contributed by atoms with van der Waals surface area (Å²) < 4.78 is 5.29. The van der Waals surface area contributed by atoms with E-state index in [0.717, 1.165) is 29.5 Å². The summed E-state index contributed by atoms with van der Waals surface area (Å²) in [6.45, 7) is 1.35. The van der Waals surface area contributed by atoms with Crippen LogP contribution in [0, 0.1) is 0 Å². The van der Waals surface area contributed by atoms with Gasteiger partial charge in [0.2, 0.25) is 0 Å². The van der Waals surface area contributed by atoms with Gasteiger partial charge in [0.25, 0.3) is 5.91 Å². The molecule has 0 aliphatic carbocycles. The molecule has 0 atom stereocenters. The number of carbonyl (C=O) groups is 1. The smallest absolute Gasteiger partial charge is 0.270 e. The predicted octanol–water partition coefficient (Wildman–Crippen LogP) is 2.15. The van der Waals surface area contributed by atoms with Gasteiger partial charge in [-0.25, -0.2) is 0 Å². The van der Waals surface area contributed by atoms with Crippen molar-refractivity contribution in [3.05, 3.63) is 53.9 Å². The number of aliphatic hydroxyl groups is 1. The lowest BCUT2D eigenvalue weighted by Crippen LogP contribution is -2.39. The molecule has 1 fully saturated rings. The highest BCUT2D eigenvalue weighted by Crippen LogP contribution is 2.23. The lowest BCUT2D eigenvalue weighted by Gasteiger charge is -2.22. The van der Waals surface area contributed by atoms with Crippen LogP contribution in [0.3, 0.4) is 0 Å². The number of rotatable bonds is 4. The van der Waals surface area contributed by atoms with Gasteiger partial charge in [0.15, 0.2) is 0 Å². The van der Waals surface area contributed by atoms with Crippen LogP contribution in [-0.2, 0) is 11.3 Å². The van der Waals surface area contributed by atoms with Gasteiger partial charge in [-0.15, -0.1) is 0 Å². The quantitative estimate of drug-likeness (QED) is 0.907. The highest BCUT2D eigenvalue weighted by Gasteiger charge is 2.17. The molecule has 2 N–H and O–H groups in total. The molecule has 1 saturated heterocycles. The number of benzene rings is 1. The van der Waals surface area contributed by atoms with Crippen molar-refractivity contribution < 1.29 is 14.6 Å². The summed E-state index contributed by atoms with van der Waals surface area (Å²) in [4.78, 5) is 16.5. The molecule has 1 aliphatic rings. The topological polar surface area (TPSA) is 71.5 Å². The molecule has 23 heavy (non-hydrogen) atoms. The SMILES string of the molecule is O=C(NC1CCOCC1)c1ccc(-c2ccccc2CO)cn1. The van der Waals surface area contributed by atoms with Crippen LogP contribution in [0.1, 0.15) is 28.9 Å². The molecule has 0 radical (unpaired) electrons. The maximum Gasteiger partial charge on any atom is 0.270 e. The monoisotopic (exact) mass is 312 g/mol. The number of aromatic nitrogens is 1. The average Bonchev–Trinajstić information content (AvgIpc) is 2.62. The maximum absolute atomic E-state index is 12.2. The molecule has 1 amide bonds. The molecule has 2 aromatic rings. The maximum atomic E-state index is 12.2. The van der Waals surface area contributed by atoms with E-state index in [9.17, 15) is 9.90 Å². The summed E-state index contributed by atoms with van der Waals surface area (Å²) in [5.74, 6) is -0.154. The van der Waals surface area contributed by atoms with Crippen LogP contribution in [0.4, 0.5) is 0 Å². The van der Waals surface area contributed by atoms with Crippen LogP contribution < -0.4 is 5.32 Å². The summed E-state index contributed by atoms with van der Waals surface area (Å²) in [5, 5.41) is 12.4. The average molecular weight is 312 g/mol. The van der Waals surface area contributed by atoms with Gasteiger partial charge in [0.05, 0.1) is 6.61 Å². The number of pyridine rings is 1. The summed E-state index contributed by atoms with van der Waals surface area (Å²) >= 11 is 0. The first-order valence-electron chi connectivity index (χ1n) is 7.81. The molecule has 1 aromatic carbocycles. The van der Waals surface area contributed by atoms with Crippen molar-refractivity contribution in [1.29, 1.82) is 0 Å². The van der Waals surface area contributed by atoms with Crippen molar-refractivity contribution >= 4 is 5.91 Å². The minimum absolute atomic E-state index is 0.0256. The molecule has 0 unspecified atom stereocenters. The zero-order valence-electron chi connectivity index (χ0n) is 12.9. The van der Waals surface area contributed by atoms with Gasteiger partial charge < -0.3 is 15.2 Å². The molecule has 0 spiro atoms. The van der Waals surface area contributed by atoms with Crippen LogP contribution in [0.2, 0.25) is 0 Å². The first-order valence-corrected chi connectivity index (χ1v) is 7.81. The van der Waals surface area contributed by atoms with Crippen LogP contribution in [0.15, 0.2) is 42.6 Å². The first kappa shape index (κ1) is 15.6. The lowest BCUT2D eigenvalue weighted by atomic mass is 10.0. The van der Waals surface area contributed by atoms with E-state index in [-0.39, 0.29) is 18.6 Å². The number of carbonyl (C=O) groups excluding carboxylic acids is 1. The Morgan fingerprint density at radius 3 is 2.70 bits per heavy atom. The third kappa shape index (κ3) is 3.75. The van der Waals surface area contributed by atoms with Crippen LogP contribution in [0.25, 0.3) is 11.1 Å². The van der Waals surface area contributed by atoms with E-state index in [1.54, 1.807) is 12.3 Å². The summed E-state index contributed by atoms with van der Waals surface area (Å²) in [6.07, 6.45) is 3.36. The van der Waals surface area contributed by atoms with Gasteiger partial charge in [-0.1, -0.05) is 30.3 Å². The second-order valence-electron chi connectivity index (χ2n) is 5.61. The Hall–Kier alpha value is -2.24. The number of hydrogen-bond acceptors (Lipinski definition) is 4. The molecule has 2 heterocycles. The van der Waals surface area contributed by atoms with E-state index < -0.39 is 0 Å². The fourth-order valence-corrected chi connectivity index (χ4v) is 2.73. The van der Waals surface area contributed by atoms with E-state index in [4.69, 9.17) is 4.74 Å². The fourth-order valence-electron chi connectivity index (χ4n) is 2.73. The van der Waals surface area contributed by atoms with Gasteiger partial charge in [-0.2, -0.15) is 0 Å². The van der Waals surface area contributed by atoms with Crippen molar-refractivity contribution in [3.63, 3.8) is 0 Å². The fraction of sp³-hybridized carbons (Fsp3) is 0.333. The Morgan fingerprint density at radius 2 is 2.00 bits per heavy atom. The number of amides is 1. The van der Waals surface area contributed by atoms with Gasteiger partial charge in [-0.05, 0) is 30.0 Å². The Balaban J connectivity index is 1.72. The van der Waals surface area contributed by atoms with Crippen LogP contribution in [-0.4, -0.2) is 35.3 Å². The normalized spacial score (nSPS) is 15.3. The summed E-state index contributed by atoms with van der Waals surface area (Å²) in [6, 6.07) is 11.4. The van der Waals surface area contributed by atoms with Crippen LogP contribution in [0.5, 0.6) is 0 Å². The van der Waals surface area contributed by atoms with Gasteiger partial charge in [-0.3, -0.25) is 9.78 Å². The highest BCUT2D eigenvalue weighted by atomic mass is 16.5. The zero-order chi connectivity index (χ0) is 16.1. The zero-order valence-corrected chi connectivity index (χ0v) is 12.9. The Morgan fingerprint density at radius 1 is 1.22 bits per heavy atom. The highest BCUT2D eigenvalue weighted by molar-refractivity contribution is 5.92. The van der Waals surface area contributed by atoms with E-state index in [2.05, 4.69) is 10.3 Å². The predicted molar refractivity (Wildman–Crippen MR) is 86.9 cm³/mol. The molecular weight excluding hydrogens is 292 g/mol. The molecule has 1 aromatic heterocycles. The molecule has 0 saturated carbocycles. The molecule has 3 rings (SSSR count). The van der Waals surface area contributed by atoms with Gasteiger partial charge in [0, 0.05) is 31.0 Å². The van der Waals surface area contributed by atoms with Crippen molar-refractivity contribution in [2.24, 2.45) is 0 Å². The van der Waals surface area contributed by atoms with Crippen molar-refractivity contribution in [2.45, 2.75) is 25.5 Å². The Kier molecular flexibility index (Phi) is 5.00. The standard InChI is InChI=1S/C18H20N2O3/c21-12-14-3-1-2-4-16(14)13-5-6-17(19-11-13)18(22)20-15-7-9-23-10-8-15/h1-6,11,15,21H,7-10,12H2,(H,20,22). The molecular formula is C18H20N2O3.